The molecule has 0 saturated carbocycles. The minimum absolute atomic E-state index is 0.00976. The lowest BCUT2D eigenvalue weighted by atomic mass is 10.1. The van der Waals surface area contributed by atoms with Gasteiger partial charge in [-0.25, -0.2) is 18.7 Å². The quantitative estimate of drug-likeness (QED) is 0.922. The van der Waals surface area contributed by atoms with Crippen molar-refractivity contribution in [2.75, 3.05) is 5.32 Å². The highest BCUT2D eigenvalue weighted by atomic mass is 35.5. The number of hydrogen-bond donors (Lipinski definition) is 1. The van der Waals surface area contributed by atoms with Gasteiger partial charge in [-0.1, -0.05) is 11.6 Å². The zero-order chi connectivity index (χ0) is 14.0. The van der Waals surface area contributed by atoms with Crippen molar-refractivity contribution in [1.29, 1.82) is 0 Å². The molecule has 2 rings (SSSR count). The number of carbonyl (C=O) groups is 1. The fourth-order valence-electron chi connectivity index (χ4n) is 1.41. The van der Waals surface area contributed by atoms with Crippen LogP contribution >= 0.6 is 11.6 Å². The Hall–Kier alpha value is -2.08. The number of benzene rings is 1. The van der Waals surface area contributed by atoms with Crippen LogP contribution in [-0.4, -0.2) is 15.9 Å². The van der Waals surface area contributed by atoms with Crippen molar-refractivity contribution in [3.8, 4) is 0 Å². The summed E-state index contributed by atoms with van der Waals surface area (Å²) in [6.45, 7) is 1.43. The summed E-state index contributed by atoms with van der Waals surface area (Å²) in [5, 5.41) is 2.29. The normalized spacial score (nSPS) is 10.3. The molecule has 0 atom stereocenters. The lowest BCUT2D eigenvalue weighted by Gasteiger charge is -2.07. The molecule has 0 radical (unpaired) electrons. The summed E-state index contributed by atoms with van der Waals surface area (Å²) in [5.41, 5.74) is -0.127. The highest BCUT2D eigenvalue weighted by Crippen LogP contribution is 2.18. The third-order valence-electron chi connectivity index (χ3n) is 2.38. The largest absolute Gasteiger partial charge is 0.304 e. The number of aromatic nitrogens is 2. The number of amides is 1. The molecule has 0 aliphatic heterocycles. The average Bonchev–Trinajstić information content (AvgIpc) is 2.36. The molecule has 0 saturated heterocycles. The number of nitrogens with one attached hydrogen (secondary N) is 1. The summed E-state index contributed by atoms with van der Waals surface area (Å²) in [6.07, 6.45) is 2.67. The van der Waals surface area contributed by atoms with E-state index < -0.39 is 17.5 Å². The first-order valence-corrected chi connectivity index (χ1v) is 5.60. The first-order valence-electron chi connectivity index (χ1n) is 5.22. The maximum atomic E-state index is 13.5. The monoisotopic (exact) mass is 283 g/mol. The number of aryl methyl sites for hydroxylation is 1. The van der Waals surface area contributed by atoms with Gasteiger partial charge in [-0.15, -0.1) is 0 Å². The Labute approximate surface area is 112 Å². The van der Waals surface area contributed by atoms with Crippen LogP contribution in [0, 0.1) is 18.6 Å². The van der Waals surface area contributed by atoms with E-state index in [0.29, 0.717) is 6.07 Å². The maximum absolute atomic E-state index is 13.5. The van der Waals surface area contributed by atoms with E-state index >= 15 is 0 Å². The number of rotatable bonds is 2. The van der Waals surface area contributed by atoms with E-state index in [9.17, 15) is 13.6 Å². The zero-order valence-corrected chi connectivity index (χ0v) is 10.5. The molecule has 0 spiro atoms. The third kappa shape index (κ3) is 2.85. The van der Waals surface area contributed by atoms with Crippen molar-refractivity contribution in [3.63, 3.8) is 0 Å². The first kappa shape index (κ1) is 13.4. The molecule has 7 heteroatoms. The van der Waals surface area contributed by atoms with Gasteiger partial charge in [0.25, 0.3) is 5.91 Å². The van der Waals surface area contributed by atoms with Crippen LogP contribution in [-0.2, 0) is 0 Å². The Morgan fingerprint density at radius 3 is 2.58 bits per heavy atom. The number of hydrogen-bond acceptors (Lipinski definition) is 3. The molecule has 1 N–H and O–H groups in total. The van der Waals surface area contributed by atoms with Crippen LogP contribution in [0.25, 0.3) is 0 Å². The first-order chi connectivity index (χ1) is 8.99. The molecule has 2 aromatic rings. The molecule has 1 aromatic carbocycles. The number of nitrogens with zero attached hydrogens (tertiary/aromatic N) is 2. The summed E-state index contributed by atoms with van der Waals surface area (Å²) in [5.74, 6) is -2.44. The van der Waals surface area contributed by atoms with E-state index in [0.717, 1.165) is 6.07 Å². The minimum Gasteiger partial charge on any atom is -0.304 e. The Morgan fingerprint density at radius 2 is 1.89 bits per heavy atom. The van der Waals surface area contributed by atoms with Gasteiger partial charge in [0.2, 0.25) is 0 Å². The molecule has 0 fully saturated rings. The zero-order valence-electron chi connectivity index (χ0n) is 9.75. The minimum atomic E-state index is -0.958. The van der Waals surface area contributed by atoms with Crippen molar-refractivity contribution in [3.05, 3.63) is 52.4 Å². The van der Waals surface area contributed by atoms with Crippen LogP contribution in [0.1, 0.15) is 15.9 Å². The third-order valence-corrected chi connectivity index (χ3v) is 2.66. The number of carbonyl (C=O) groups excluding carboxylic acids is 1. The maximum Gasteiger partial charge on any atom is 0.259 e. The molecule has 1 amide bonds. The molecular weight excluding hydrogens is 276 g/mol. The summed E-state index contributed by atoms with van der Waals surface area (Å²) in [4.78, 5) is 19.4. The fourth-order valence-corrected chi connectivity index (χ4v) is 1.56. The van der Waals surface area contributed by atoms with Crippen molar-refractivity contribution < 1.29 is 13.6 Å². The molecule has 0 unspecified atom stereocenters. The van der Waals surface area contributed by atoms with Gasteiger partial charge in [-0.3, -0.25) is 4.79 Å². The van der Waals surface area contributed by atoms with Crippen LogP contribution in [0.15, 0.2) is 24.5 Å². The number of anilines is 1. The lowest BCUT2D eigenvalue weighted by molar-refractivity contribution is 0.102. The van der Waals surface area contributed by atoms with Crippen molar-refractivity contribution >= 4 is 23.3 Å². The van der Waals surface area contributed by atoms with E-state index in [1.807, 2.05) is 0 Å². The van der Waals surface area contributed by atoms with Gasteiger partial charge in [-0.05, 0) is 18.6 Å². The Bertz CT molecular complexity index is 649. The highest BCUT2D eigenvalue weighted by molar-refractivity contribution is 6.32. The standard InChI is InChI=1S/C12H8ClF2N3O/c1-6-4-7(9(15)5-8(6)14)12(19)18-11-10(13)16-2-3-17-11/h2-5H,1H3,(H,17,18,19). The smallest absolute Gasteiger partial charge is 0.259 e. The average molecular weight is 284 g/mol. The molecule has 0 aliphatic rings. The molecule has 98 valence electrons. The SMILES string of the molecule is Cc1cc(C(=O)Nc2nccnc2Cl)c(F)cc1F. The van der Waals surface area contributed by atoms with E-state index in [1.54, 1.807) is 0 Å². The topological polar surface area (TPSA) is 54.9 Å². The van der Waals surface area contributed by atoms with Gasteiger partial charge in [0.15, 0.2) is 11.0 Å². The Kier molecular flexibility index (Phi) is 3.71. The molecule has 0 aliphatic carbocycles. The highest BCUT2D eigenvalue weighted by Gasteiger charge is 2.16. The van der Waals surface area contributed by atoms with E-state index in [4.69, 9.17) is 11.6 Å². The second kappa shape index (κ2) is 5.27. The summed E-state index contributed by atoms with van der Waals surface area (Å²) in [7, 11) is 0. The van der Waals surface area contributed by atoms with Crippen molar-refractivity contribution in [2.45, 2.75) is 6.92 Å². The lowest BCUT2D eigenvalue weighted by Crippen LogP contribution is -2.16. The molecule has 1 aromatic heterocycles. The van der Waals surface area contributed by atoms with Gasteiger partial charge in [0, 0.05) is 18.5 Å². The second-order valence-corrected chi connectivity index (χ2v) is 4.09. The van der Waals surface area contributed by atoms with Crippen molar-refractivity contribution in [2.24, 2.45) is 0 Å². The van der Waals surface area contributed by atoms with E-state index in [2.05, 4.69) is 15.3 Å². The van der Waals surface area contributed by atoms with Gasteiger partial charge < -0.3 is 5.32 Å². The molecule has 0 bridgehead atoms. The van der Waals surface area contributed by atoms with Crippen LogP contribution in [0.3, 0.4) is 0 Å². The van der Waals surface area contributed by atoms with Gasteiger partial charge in [0.1, 0.15) is 11.6 Å². The number of halogens is 3. The van der Waals surface area contributed by atoms with Crippen LogP contribution in [0.2, 0.25) is 5.15 Å². The molecule has 4 nitrogen and oxygen atoms in total. The fraction of sp³-hybridized carbons (Fsp3) is 0.0833. The Morgan fingerprint density at radius 1 is 1.21 bits per heavy atom. The van der Waals surface area contributed by atoms with Gasteiger partial charge in [-0.2, -0.15) is 0 Å². The van der Waals surface area contributed by atoms with Gasteiger partial charge in [0.05, 0.1) is 5.56 Å². The summed E-state index contributed by atoms with van der Waals surface area (Å²) in [6, 6.07) is 1.77. The van der Waals surface area contributed by atoms with Crippen molar-refractivity contribution in [1.82, 2.24) is 9.97 Å². The Balaban J connectivity index is 2.31. The molecule has 19 heavy (non-hydrogen) atoms. The predicted molar refractivity (Wildman–Crippen MR) is 66.1 cm³/mol. The second-order valence-electron chi connectivity index (χ2n) is 3.73. The predicted octanol–water partition coefficient (Wildman–Crippen LogP) is 2.97. The van der Waals surface area contributed by atoms with E-state index in [-0.39, 0.29) is 22.1 Å². The van der Waals surface area contributed by atoms with E-state index in [1.165, 1.54) is 19.3 Å². The van der Waals surface area contributed by atoms with Crippen LogP contribution in [0.4, 0.5) is 14.6 Å². The molecule has 1 heterocycles. The molecular formula is C12H8ClF2N3O. The summed E-state index contributed by atoms with van der Waals surface area (Å²) >= 11 is 5.71. The summed E-state index contributed by atoms with van der Waals surface area (Å²) < 4.78 is 26.6. The van der Waals surface area contributed by atoms with Crippen LogP contribution in [0.5, 0.6) is 0 Å². The van der Waals surface area contributed by atoms with Crippen LogP contribution < -0.4 is 5.32 Å². The van der Waals surface area contributed by atoms with Gasteiger partial charge >= 0.3 is 0 Å².